The Labute approximate surface area is 150 Å². The maximum absolute atomic E-state index is 11.9. The van der Waals surface area contributed by atoms with Crippen molar-refractivity contribution in [3.63, 3.8) is 0 Å². The van der Waals surface area contributed by atoms with Gasteiger partial charge in [0.05, 0.1) is 5.52 Å². The third-order valence-corrected chi connectivity index (χ3v) is 5.33. The summed E-state index contributed by atoms with van der Waals surface area (Å²) in [5.74, 6) is 0.776. The van der Waals surface area contributed by atoms with Gasteiger partial charge < -0.3 is 5.32 Å². The summed E-state index contributed by atoms with van der Waals surface area (Å²) >= 11 is 6.02. The highest BCUT2D eigenvalue weighted by Gasteiger charge is 2.36. The van der Waals surface area contributed by atoms with Gasteiger partial charge in [0.25, 0.3) is 0 Å². The lowest BCUT2D eigenvalue weighted by atomic mass is 9.90. The van der Waals surface area contributed by atoms with Crippen molar-refractivity contribution >= 4 is 40.1 Å². The monoisotopic (exact) mass is 358 g/mol. The summed E-state index contributed by atoms with van der Waals surface area (Å²) in [5.41, 5.74) is 0.812. The van der Waals surface area contributed by atoms with E-state index in [1.165, 1.54) is 11.2 Å². The van der Waals surface area contributed by atoms with Crippen molar-refractivity contribution < 1.29 is 9.59 Å². The second-order valence-electron chi connectivity index (χ2n) is 6.69. The highest BCUT2D eigenvalue weighted by molar-refractivity contribution is 6.31. The van der Waals surface area contributed by atoms with Crippen LogP contribution in [0.15, 0.2) is 24.5 Å². The Hall–Kier alpha value is -2.21. The first-order chi connectivity index (χ1) is 12.1. The number of likely N-dealkylation sites (tertiary alicyclic amines) is 1. The number of nitrogens with one attached hydrogen (secondary N) is 1. The van der Waals surface area contributed by atoms with Crippen LogP contribution in [0, 0.1) is 0 Å². The predicted molar refractivity (Wildman–Crippen MR) is 95.3 cm³/mol. The Morgan fingerprint density at radius 3 is 2.48 bits per heavy atom. The first-order valence-corrected chi connectivity index (χ1v) is 9.01. The maximum Gasteiger partial charge on any atom is 0.229 e. The van der Waals surface area contributed by atoms with E-state index < -0.39 is 0 Å². The lowest BCUT2D eigenvalue weighted by Gasteiger charge is -2.34. The first-order valence-electron chi connectivity index (χ1n) is 8.63. The zero-order valence-corrected chi connectivity index (χ0v) is 14.5. The van der Waals surface area contributed by atoms with Crippen LogP contribution in [0.1, 0.15) is 38.5 Å². The van der Waals surface area contributed by atoms with Gasteiger partial charge in [-0.3, -0.25) is 14.5 Å². The molecule has 0 bridgehead atoms. The third-order valence-electron chi connectivity index (χ3n) is 5.09. The van der Waals surface area contributed by atoms with E-state index in [2.05, 4.69) is 15.3 Å². The SMILES string of the molecule is O=C1CCC(=O)N1C1CCC(Nc2ncnc3cc(Cl)ccc23)CC1. The van der Waals surface area contributed by atoms with Crippen molar-refractivity contribution in [3.8, 4) is 0 Å². The summed E-state index contributed by atoms with van der Waals surface area (Å²) in [5, 5.41) is 5.09. The van der Waals surface area contributed by atoms with Crippen molar-refractivity contribution in [2.75, 3.05) is 5.32 Å². The van der Waals surface area contributed by atoms with Gasteiger partial charge in [-0.15, -0.1) is 0 Å². The van der Waals surface area contributed by atoms with Gasteiger partial charge in [0.2, 0.25) is 11.8 Å². The molecular weight excluding hydrogens is 340 g/mol. The number of benzene rings is 1. The highest BCUT2D eigenvalue weighted by Crippen LogP contribution is 2.30. The average molecular weight is 359 g/mol. The van der Waals surface area contributed by atoms with Gasteiger partial charge in [0, 0.05) is 35.3 Å². The van der Waals surface area contributed by atoms with Crippen LogP contribution in [0.25, 0.3) is 10.9 Å². The molecule has 1 N–H and O–H groups in total. The molecule has 2 fully saturated rings. The van der Waals surface area contributed by atoms with Crippen molar-refractivity contribution in [1.29, 1.82) is 0 Å². The fourth-order valence-electron chi connectivity index (χ4n) is 3.82. The molecule has 1 aliphatic carbocycles. The van der Waals surface area contributed by atoms with Crippen LogP contribution in [0.2, 0.25) is 5.02 Å². The second-order valence-corrected chi connectivity index (χ2v) is 7.13. The maximum atomic E-state index is 11.9. The standard InChI is InChI=1S/C18H19ClN4O2/c19-11-1-6-14-15(9-11)20-10-21-18(14)22-12-2-4-13(5-3-12)23-16(24)7-8-17(23)25/h1,6,9-10,12-13H,2-5,7-8H2,(H,20,21,22). The second kappa shape index (κ2) is 6.59. The molecule has 1 saturated carbocycles. The molecule has 2 amide bonds. The van der Waals surface area contributed by atoms with E-state index in [4.69, 9.17) is 11.6 Å². The minimum Gasteiger partial charge on any atom is -0.367 e. The molecule has 6 nitrogen and oxygen atoms in total. The third kappa shape index (κ3) is 3.18. The molecule has 1 aliphatic heterocycles. The van der Waals surface area contributed by atoms with Gasteiger partial charge in [0.15, 0.2) is 0 Å². The highest BCUT2D eigenvalue weighted by atomic mass is 35.5. The summed E-state index contributed by atoms with van der Waals surface area (Å²) in [4.78, 5) is 33.9. The number of carbonyl (C=O) groups is 2. The van der Waals surface area contributed by atoms with Gasteiger partial charge in [-0.1, -0.05) is 11.6 Å². The zero-order chi connectivity index (χ0) is 17.4. The van der Waals surface area contributed by atoms with E-state index in [1.54, 1.807) is 0 Å². The number of hydrogen-bond acceptors (Lipinski definition) is 5. The van der Waals surface area contributed by atoms with Crippen molar-refractivity contribution in [1.82, 2.24) is 14.9 Å². The molecule has 0 unspecified atom stereocenters. The Kier molecular flexibility index (Phi) is 4.29. The number of anilines is 1. The molecular formula is C18H19ClN4O2. The first kappa shape index (κ1) is 16.3. The van der Waals surface area contributed by atoms with E-state index in [0.717, 1.165) is 42.4 Å². The Morgan fingerprint density at radius 1 is 1.04 bits per heavy atom. The number of fused-ring (bicyclic) bond motifs is 1. The fraction of sp³-hybridized carbons (Fsp3) is 0.444. The molecule has 130 valence electrons. The summed E-state index contributed by atoms with van der Waals surface area (Å²) in [6.45, 7) is 0. The Bertz CT molecular complexity index is 817. The average Bonchev–Trinajstić information content (AvgIpc) is 2.94. The molecule has 0 atom stereocenters. The number of rotatable bonds is 3. The Balaban J connectivity index is 1.44. The van der Waals surface area contributed by atoms with Crippen LogP contribution >= 0.6 is 11.6 Å². The minimum atomic E-state index is -0.0138. The normalized spacial score (nSPS) is 24.1. The molecule has 2 heterocycles. The molecule has 1 saturated heterocycles. The largest absolute Gasteiger partial charge is 0.367 e. The number of hydrogen-bond donors (Lipinski definition) is 1. The van der Waals surface area contributed by atoms with Gasteiger partial charge in [-0.25, -0.2) is 9.97 Å². The molecule has 2 aliphatic rings. The minimum absolute atomic E-state index is 0.0138. The van der Waals surface area contributed by atoms with Crippen LogP contribution < -0.4 is 5.32 Å². The van der Waals surface area contributed by atoms with Crippen molar-refractivity contribution in [3.05, 3.63) is 29.5 Å². The number of nitrogens with zero attached hydrogens (tertiary/aromatic N) is 3. The van der Waals surface area contributed by atoms with Crippen molar-refractivity contribution in [2.24, 2.45) is 0 Å². The summed E-state index contributed by atoms with van der Waals surface area (Å²) < 4.78 is 0. The summed E-state index contributed by atoms with van der Waals surface area (Å²) in [6.07, 6.45) is 5.75. The number of aromatic nitrogens is 2. The zero-order valence-electron chi connectivity index (χ0n) is 13.7. The van der Waals surface area contributed by atoms with Gasteiger partial charge >= 0.3 is 0 Å². The number of imide groups is 1. The van der Waals surface area contributed by atoms with Gasteiger partial charge in [-0.05, 0) is 43.9 Å². The molecule has 0 spiro atoms. The molecule has 1 aromatic carbocycles. The summed E-state index contributed by atoms with van der Waals surface area (Å²) in [6, 6.07) is 5.91. The van der Waals surface area contributed by atoms with Crippen LogP contribution in [-0.2, 0) is 9.59 Å². The van der Waals surface area contributed by atoms with Gasteiger partial charge in [-0.2, -0.15) is 0 Å². The van der Waals surface area contributed by atoms with E-state index >= 15 is 0 Å². The quantitative estimate of drug-likeness (QED) is 0.853. The molecule has 25 heavy (non-hydrogen) atoms. The molecule has 1 aromatic heterocycles. The van der Waals surface area contributed by atoms with Crippen LogP contribution in [0.3, 0.4) is 0 Å². The predicted octanol–water partition coefficient (Wildman–Crippen LogP) is 3.16. The topological polar surface area (TPSA) is 75.2 Å². The van der Waals surface area contributed by atoms with E-state index in [1.807, 2.05) is 18.2 Å². The van der Waals surface area contributed by atoms with Crippen molar-refractivity contribution in [2.45, 2.75) is 50.6 Å². The molecule has 2 aromatic rings. The number of carbonyl (C=O) groups excluding carboxylic acids is 2. The number of amides is 2. The number of halogens is 1. The molecule has 0 radical (unpaired) electrons. The summed E-state index contributed by atoms with van der Waals surface area (Å²) in [7, 11) is 0. The molecule has 7 heteroatoms. The molecule has 4 rings (SSSR count). The van der Waals surface area contributed by atoms with E-state index in [9.17, 15) is 9.59 Å². The van der Waals surface area contributed by atoms with Crippen LogP contribution in [-0.4, -0.2) is 38.8 Å². The van der Waals surface area contributed by atoms with Crippen LogP contribution in [0.5, 0.6) is 0 Å². The smallest absolute Gasteiger partial charge is 0.229 e. The lowest BCUT2D eigenvalue weighted by molar-refractivity contribution is -0.141. The fourth-order valence-corrected chi connectivity index (χ4v) is 3.98. The van der Waals surface area contributed by atoms with Gasteiger partial charge in [0.1, 0.15) is 12.1 Å². The lowest BCUT2D eigenvalue weighted by Crippen LogP contribution is -2.43. The van der Waals surface area contributed by atoms with E-state index in [-0.39, 0.29) is 23.9 Å². The Morgan fingerprint density at radius 2 is 1.76 bits per heavy atom. The van der Waals surface area contributed by atoms with Crippen LogP contribution in [0.4, 0.5) is 5.82 Å². The van der Waals surface area contributed by atoms with E-state index in [0.29, 0.717) is 17.9 Å².